The van der Waals surface area contributed by atoms with Crippen LogP contribution in [0.5, 0.6) is 0 Å². The third kappa shape index (κ3) is 5.87. The molecule has 0 heterocycles. The van der Waals surface area contributed by atoms with Crippen LogP contribution >= 0.6 is 11.6 Å². The number of Topliss-reactive ketones (excluding diaryl/α,β-unsaturated/α-hetero) is 2. The Balaban J connectivity index is 2.70. The summed E-state index contributed by atoms with van der Waals surface area (Å²) in [7, 11) is 0. The van der Waals surface area contributed by atoms with E-state index in [0.29, 0.717) is 11.4 Å². The maximum Gasteiger partial charge on any atom is 0.140 e. The van der Waals surface area contributed by atoms with Crippen LogP contribution in [-0.2, 0) is 9.59 Å². The van der Waals surface area contributed by atoms with Crippen molar-refractivity contribution in [3.63, 3.8) is 0 Å². The molecule has 0 aliphatic heterocycles. The minimum atomic E-state index is -0.314. The zero-order valence-electron chi connectivity index (χ0n) is 12.3. The van der Waals surface area contributed by atoms with E-state index in [9.17, 15) is 9.59 Å². The molecule has 1 aromatic carbocycles. The largest absolute Gasteiger partial charge is 0.300 e. The van der Waals surface area contributed by atoms with E-state index in [2.05, 4.69) is 6.92 Å². The van der Waals surface area contributed by atoms with Crippen LogP contribution in [0.2, 0.25) is 5.02 Å². The zero-order valence-corrected chi connectivity index (χ0v) is 13.1. The van der Waals surface area contributed by atoms with Crippen molar-refractivity contribution in [3.8, 4) is 0 Å². The molecule has 1 unspecified atom stereocenters. The van der Waals surface area contributed by atoms with E-state index in [1.165, 1.54) is 6.92 Å². The fourth-order valence-corrected chi connectivity index (χ4v) is 2.43. The van der Waals surface area contributed by atoms with Gasteiger partial charge >= 0.3 is 0 Å². The molecule has 20 heavy (non-hydrogen) atoms. The van der Waals surface area contributed by atoms with Crippen molar-refractivity contribution in [2.24, 2.45) is 0 Å². The number of carbonyl (C=O) groups is 2. The van der Waals surface area contributed by atoms with Crippen molar-refractivity contribution in [3.05, 3.63) is 34.9 Å². The monoisotopic (exact) mass is 294 g/mol. The standard InChI is InChI=1S/C17H23ClO2/c1-3-4-5-6-7-17(20)16(12-13(2)19)14-8-10-15(18)11-9-14/h8-11,16H,3-7,12H2,1-2H3. The van der Waals surface area contributed by atoms with Gasteiger partial charge in [0.2, 0.25) is 0 Å². The number of unbranched alkanes of at least 4 members (excludes halogenated alkanes) is 3. The lowest BCUT2D eigenvalue weighted by Crippen LogP contribution is -2.15. The number of hydrogen-bond donors (Lipinski definition) is 0. The van der Waals surface area contributed by atoms with Crippen LogP contribution in [0.1, 0.15) is 63.9 Å². The van der Waals surface area contributed by atoms with Crippen molar-refractivity contribution < 1.29 is 9.59 Å². The summed E-state index contributed by atoms with van der Waals surface area (Å²) >= 11 is 5.87. The Labute approximate surface area is 126 Å². The summed E-state index contributed by atoms with van der Waals surface area (Å²) in [5, 5.41) is 0.644. The van der Waals surface area contributed by atoms with Gasteiger partial charge in [0.15, 0.2) is 0 Å². The van der Waals surface area contributed by atoms with Gasteiger partial charge in [-0.1, -0.05) is 49.9 Å². The van der Waals surface area contributed by atoms with Crippen molar-refractivity contribution in [2.45, 2.75) is 58.3 Å². The Morgan fingerprint density at radius 2 is 1.75 bits per heavy atom. The smallest absolute Gasteiger partial charge is 0.140 e. The molecule has 0 saturated heterocycles. The van der Waals surface area contributed by atoms with Crippen LogP contribution in [0.25, 0.3) is 0 Å². The fraction of sp³-hybridized carbons (Fsp3) is 0.529. The highest BCUT2D eigenvalue weighted by Crippen LogP contribution is 2.25. The van der Waals surface area contributed by atoms with Crippen LogP contribution in [-0.4, -0.2) is 11.6 Å². The second-order valence-corrected chi connectivity index (χ2v) is 5.72. The first-order valence-corrected chi connectivity index (χ1v) is 7.70. The number of halogens is 1. The minimum Gasteiger partial charge on any atom is -0.300 e. The number of carbonyl (C=O) groups excluding carboxylic acids is 2. The molecule has 110 valence electrons. The highest BCUT2D eigenvalue weighted by atomic mass is 35.5. The molecule has 0 spiro atoms. The highest BCUT2D eigenvalue weighted by molar-refractivity contribution is 6.30. The summed E-state index contributed by atoms with van der Waals surface area (Å²) in [5.41, 5.74) is 0.894. The van der Waals surface area contributed by atoms with Crippen molar-refractivity contribution >= 4 is 23.2 Å². The number of rotatable bonds is 9. The summed E-state index contributed by atoms with van der Waals surface area (Å²) < 4.78 is 0. The molecule has 0 aromatic heterocycles. The SMILES string of the molecule is CCCCCCC(=O)C(CC(C)=O)c1ccc(Cl)cc1. The lowest BCUT2D eigenvalue weighted by molar-refractivity contribution is -0.124. The van der Waals surface area contributed by atoms with E-state index in [4.69, 9.17) is 11.6 Å². The third-order valence-corrected chi connectivity index (χ3v) is 3.68. The van der Waals surface area contributed by atoms with Crippen LogP contribution in [0.3, 0.4) is 0 Å². The van der Waals surface area contributed by atoms with Crippen molar-refractivity contribution in [1.82, 2.24) is 0 Å². The van der Waals surface area contributed by atoms with E-state index in [1.54, 1.807) is 12.1 Å². The summed E-state index contributed by atoms with van der Waals surface area (Å²) in [5.74, 6) is -0.100. The Kier molecular flexibility index (Phi) is 7.53. The summed E-state index contributed by atoms with van der Waals surface area (Å²) in [6, 6.07) is 7.24. The normalized spacial score (nSPS) is 12.2. The number of benzene rings is 1. The summed E-state index contributed by atoms with van der Waals surface area (Å²) in [6.45, 7) is 3.68. The second kappa shape index (κ2) is 8.91. The fourth-order valence-electron chi connectivity index (χ4n) is 2.30. The van der Waals surface area contributed by atoms with Gasteiger partial charge in [0.25, 0.3) is 0 Å². The topological polar surface area (TPSA) is 34.1 Å². The maximum atomic E-state index is 12.3. The average molecular weight is 295 g/mol. The Bertz CT molecular complexity index is 437. The van der Waals surface area contributed by atoms with Crippen molar-refractivity contribution in [1.29, 1.82) is 0 Å². The first-order valence-electron chi connectivity index (χ1n) is 7.32. The average Bonchev–Trinajstić information content (AvgIpc) is 2.42. The Morgan fingerprint density at radius 1 is 1.10 bits per heavy atom. The molecule has 0 bridgehead atoms. The van der Waals surface area contributed by atoms with Crippen molar-refractivity contribution in [2.75, 3.05) is 0 Å². The van der Waals surface area contributed by atoms with Gasteiger partial charge in [-0.3, -0.25) is 9.59 Å². The molecule has 1 atom stereocenters. The molecule has 0 radical (unpaired) electrons. The van der Waals surface area contributed by atoms with Crippen LogP contribution in [0.4, 0.5) is 0 Å². The molecule has 0 aliphatic carbocycles. The molecule has 0 saturated carbocycles. The number of hydrogen-bond acceptors (Lipinski definition) is 2. The van der Waals surface area contributed by atoms with Crippen LogP contribution in [0.15, 0.2) is 24.3 Å². The summed E-state index contributed by atoms with van der Waals surface area (Å²) in [6.07, 6.45) is 5.15. The third-order valence-electron chi connectivity index (χ3n) is 3.43. The molecule has 0 fully saturated rings. The molecular weight excluding hydrogens is 272 g/mol. The molecule has 3 heteroatoms. The highest BCUT2D eigenvalue weighted by Gasteiger charge is 2.21. The Morgan fingerprint density at radius 3 is 2.30 bits per heavy atom. The van der Waals surface area contributed by atoms with E-state index in [-0.39, 0.29) is 23.9 Å². The predicted octanol–water partition coefficient (Wildman–Crippen LogP) is 4.94. The molecule has 1 rings (SSSR count). The van der Waals surface area contributed by atoms with E-state index in [0.717, 1.165) is 31.2 Å². The summed E-state index contributed by atoms with van der Waals surface area (Å²) in [4.78, 5) is 23.7. The van der Waals surface area contributed by atoms with Gasteiger partial charge in [-0.2, -0.15) is 0 Å². The van der Waals surface area contributed by atoms with Gasteiger partial charge in [-0.15, -0.1) is 0 Å². The van der Waals surface area contributed by atoms with Crippen LogP contribution in [0, 0.1) is 0 Å². The second-order valence-electron chi connectivity index (χ2n) is 5.29. The predicted molar refractivity (Wildman–Crippen MR) is 83.3 cm³/mol. The molecule has 0 N–H and O–H groups in total. The number of ketones is 2. The Hall–Kier alpha value is -1.15. The molecule has 0 aliphatic rings. The van der Waals surface area contributed by atoms with Gasteiger partial charge in [-0.05, 0) is 31.0 Å². The molecular formula is C17H23ClO2. The van der Waals surface area contributed by atoms with E-state index >= 15 is 0 Å². The van der Waals surface area contributed by atoms with E-state index in [1.807, 2.05) is 12.1 Å². The van der Waals surface area contributed by atoms with Gasteiger partial charge in [-0.25, -0.2) is 0 Å². The van der Waals surface area contributed by atoms with Gasteiger partial charge in [0.05, 0.1) is 0 Å². The lowest BCUT2D eigenvalue weighted by Gasteiger charge is -2.15. The quantitative estimate of drug-likeness (QED) is 0.604. The van der Waals surface area contributed by atoms with E-state index < -0.39 is 0 Å². The zero-order chi connectivity index (χ0) is 15.0. The maximum absolute atomic E-state index is 12.3. The molecule has 2 nitrogen and oxygen atoms in total. The molecule has 0 amide bonds. The van der Waals surface area contributed by atoms with Gasteiger partial charge in [0, 0.05) is 23.8 Å². The van der Waals surface area contributed by atoms with Gasteiger partial charge < -0.3 is 0 Å². The van der Waals surface area contributed by atoms with Crippen LogP contribution < -0.4 is 0 Å². The lowest BCUT2D eigenvalue weighted by atomic mass is 9.88. The molecule has 1 aromatic rings. The minimum absolute atomic E-state index is 0.0480. The first kappa shape index (κ1) is 16.9. The first-order chi connectivity index (χ1) is 9.54. The van der Waals surface area contributed by atoms with Gasteiger partial charge in [0.1, 0.15) is 11.6 Å².